The van der Waals surface area contributed by atoms with Crippen LogP contribution in [-0.2, 0) is 18.4 Å². The SMILES string of the molecule is CC(C)OP(=O)(NCCC(=O)[O-])OC(C)C. The van der Waals surface area contributed by atoms with Gasteiger partial charge in [0.25, 0.3) is 0 Å². The number of aliphatic carboxylic acids is 1. The van der Waals surface area contributed by atoms with Crippen LogP contribution < -0.4 is 10.2 Å². The Kier molecular flexibility index (Phi) is 6.83. The van der Waals surface area contributed by atoms with E-state index < -0.39 is 13.7 Å². The van der Waals surface area contributed by atoms with E-state index in [1.165, 1.54) is 0 Å². The molecule has 96 valence electrons. The van der Waals surface area contributed by atoms with E-state index in [1.54, 1.807) is 27.7 Å². The Hall–Kier alpha value is -0.420. The number of carbonyl (C=O) groups is 1. The Morgan fingerprint density at radius 3 is 2.00 bits per heavy atom. The van der Waals surface area contributed by atoms with Gasteiger partial charge < -0.3 is 9.90 Å². The summed E-state index contributed by atoms with van der Waals surface area (Å²) in [5, 5.41) is 12.7. The first-order chi connectivity index (χ1) is 7.25. The topological polar surface area (TPSA) is 87.7 Å². The lowest BCUT2D eigenvalue weighted by molar-refractivity contribution is -0.305. The number of carbonyl (C=O) groups excluding carboxylic acids is 1. The molecule has 0 unspecified atom stereocenters. The second-order valence-corrected chi connectivity index (χ2v) is 5.57. The molecule has 0 heterocycles. The van der Waals surface area contributed by atoms with Gasteiger partial charge in [-0.3, -0.25) is 9.05 Å². The average Bonchev–Trinajstić information content (AvgIpc) is 1.98. The fourth-order valence-electron chi connectivity index (χ4n) is 0.949. The zero-order valence-electron chi connectivity index (χ0n) is 10.1. The third-order valence-corrected chi connectivity index (χ3v) is 3.34. The summed E-state index contributed by atoms with van der Waals surface area (Å²) in [7, 11) is -3.43. The van der Waals surface area contributed by atoms with E-state index in [-0.39, 0.29) is 25.2 Å². The van der Waals surface area contributed by atoms with Crippen LogP contribution in [0.2, 0.25) is 0 Å². The van der Waals surface area contributed by atoms with Crippen molar-refractivity contribution in [2.75, 3.05) is 6.54 Å². The predicted octanol–water partition coefficient (Wildman–Crippen LogP) is 0.674. The molecule has 0 aromatic rings. The molecule has 0 fully saturated rings. The smallest absolute Gasteiger partial charge is 0.406 e. The van der Waals surface area contributed by atoms with Crippen LogP contribution in [0.15, 0.2) is 0 Å². The van der Waals surface area contributed by atoms with Crippen LogP contribution in [0.25, 0.3) is 0 Å². The molecule has 0 radical (unpaired) electrons. The molecule has 16 heavy (non-hydrogen) atoms. The zero-order chi connectivity index (χ0) is 12.8. The van der Waals surface area contributed by atoms with Crippen molar-refractivity contribution in [1.29, 1.82) is 0 Å². The summed E-state index contributed by atoms with van der Waals surface area (Å²) < 4.78 is 22.3. The minimum atomic E-state index is -3.43. The Labute approximate surface area is 95.9 Å². The second kappa shape index (κ2) is 7.01. The highest BCUT2D eigenvalue weighted by atomic mass is 31.2. The van der Waals surface area contributed by atoms with Crippen molar-refractivity contribution in [2.45, 2.75) is 46.3 Å². The van der Waals surface area contributed by atoms with Crippen LogP contribution in [0.3, 0.4) is 0 Å². The maximum Gasteiger partial charge on any atom is 0.406 e. The number of carboxylic acid groups (broad SMARTS) is 1. The van der Waals surface area contributed by atoms with E-state index in [2.05, 4.69) is 5.09 Å². The molecule has 0 aromatic carbocycles. The van der Waals surface area contributed by atoms with Crippen molar-refractivity contribution in [3.63, 3.8) is 0 Å². The fraction of sp³-hybridized carbons (Fsp3) is 0.889. The zero-order valence-corrected chi connectivity index (χ0v) is 11.0. The molecule has 0 rings (SSSR count). The van der Waals surface area contributed by atoms with Gasteiger partial charge in [-0.15, -0.1) is 0 Å². The first-order valence-corrected chi connectivity index (χ1v) is 6.71. The van der Waals surface area contributed by atoms with E-state index in [1.807, 2.05) is 0 Å². The Morgan fingerprint density at radius 2 is 1.69 bits per heavy atom. The van der Waals surface area contributed by atoms with Crippen molar-refractivity contribution in [1.82, 2.24) is 5.09 Å². The molecule has 0 aromatic heterocycles. The van der Waals surface area contributed by atoms with Crippen LogP contribution in [-0.4, -0.2) is 24.7 Å². The van der Waals surface area contributed by atoms with Gasteiger partial charge in [-0.2, -0.15) is 0 Å². The summed E-state index contributed by atoms with van der Waals surface area (Å²) in [5.74, 6) is -1.21. The maximum absolute atomic E-state index is 12.0. The Balaban J connectivity index is 4.30. The summed E-state index contributed by atoms with van der Waals surface area (Å²) in [5.41, 5.74) is 0. The van der Waals surface area contributed by atoms with Crippen molar-refractivity contribution >= 4 is 13.7 Å². The molecule has 0 bridgehead atoms. The van der Waals surface area contributed by atoms with E-state index in [0.29, 0.717) is 0 Å². The summed E-state index contributed by atoms with van der Waals surface area (Å²) in [6, 6.07) is 0. The van der Waals surface area contributed by atoms with Crippen LogP contribution in [0.4, 0.5) is 0 Å². The van der Waals surface area contributed by atoms with E-state index in [4.69, 9.17) is 9.05 Å². The van der Waals surface area contributed by atoms with Crippen LogP contribution in [0.5, 0.6) is 0 Å². The number of carboxylic acids is 1. The molecule has 0 amide bonds. The first-order valence-electron chi connectivity index (χ1n) is 5.17. The summed E-state index contributed by atoms with van der Waals surface area (Å²) in [4.78, 5) is 10.2. The van der Waals surface area contributed by atoms with Crippen LogP contribution >= 0.6 is 7.75 Å². The lowest BCUT2D eigenvalue weighted by atomic mass is 10.5. The van der Waals surface area contributed by atoms with Crippen LogP contribution in [0.1, 0.15) is 34.1 Å². The summed E-state index contributed by atoms with van der Waals surface area (Å²) in [6.45, 7) is 6.86. The molecular weight excluding hydrogens is 233 g/mol. The highest BCUT2D eigenvalue weighted by Gasteiger charge is 2.26. The van der Waals surface area contributed by atoms with Gasteiger partial charge in [-0.1, -0.05) is 0 Å². The largest absolute Gasteiger partial charge is 0.550 e. The minimum absolute atomic E-state index is 0.0148. The van der Waals surface area contributed by atoms with Gasteiger partial charge in [0, 0.05) is 18.9 Å². The quantitative estimate of drug-likeness (QED) is 0.639. The van der Waals surface area contributed by atoms with Gasteiger partial charge in [0.1, 0.15) is 0 Å². The van der Waals surface area contributed by atoms with Gasteiger partial charge in [0.15, 0.2) is 0 Å². The van der Waals surface area contributed by atoms with Gasteiger partial charge in [-0.05, 0) is 27.7 Å². The number of nitrogens with one attached hydrogen (secondary N) is 1. The lowest BCUT2D eigenvalue weighted by Gasteiger charge is -2.23. The molecule has 0 aliphatic heterocycles. The van der Waals surface area contributed by atoms with Crippen LogP contribution in [0, 0.1) is 0 Å². The Morgan fingerprint density at radius 1 is 1.25 bits per heavy atom. The molecule has 0 aliphatic carbocycles. The van der Waals surface area contributed by atoms with Crippen molar-refractivity contribution in [2.24, 2.45) is 0 Å². The highest BCUT2D eigenvalue weighted by Crippen LogP contribution is 2.45. The van der Waals surface area contributed by atoms with Gasteiger partial charge >= 0.3 is 7.75 Å². The van der Waals surface area contributed by atoms with E-state index >= 15 is 0 Å². The number of rotatable bonds is 8. The third-order valence-electron chi connectivity index (χ3n) is 1.33. The minimum Gasteiger partial charge on any atom is -0.550 e. The molecule has 0 atom stereocenters. The van der Waals surface area contributed by atoms with Crippen molar-refractivity contribution in [3.8, 4) is 0 Å². The highest BCUT2D eigenvalue weighted by molar-refractivity contribution is 7.51. The molecule has 0 saturated heterocycles. The van der Waals surface area contributed by atoms with Crippen molar-refractivity contribution in [3.05, 3.63) is 0 Å². The molecular formula is C9H19NO5P-. The average molecular weight is 252 g/mol. The molecule has 6 nitrogen and oxygen atoms in total. The standard InChI is InChI=1S/C9H20NO5P/c1-7(2)14-16(13,15-8(3)4)10-6-5-9(11)12/h7-8H,5-6H2,1-4H3,(H,10,13)(H,11,12)/p-1. The fourth-order valence-corrected chi connectivity index (χ4v) is 2.64. The van der Waals surface area contributed by atoms with Gasteiger partial charge in [0.05, 0.1) is 12.2 Å². The van der Waals surface area contributed by atoms with Crippen molar-refractivity contribution < 1.29 is 23.5 Å². The molecule has 0 spiro atoms. The van der Waals surface area contributed by atoms with E-state index in [0.717, 1.165) is 0 Å². The van der Waals surface area contributed by atoms with Gasteiger partial charge in [0.2, 0.25) is 0 Å². The second-order valence-electron chi connectivity index (χ2n) is 3.84. The molecule has 0 aliphatic rings. The molecule has 7 heteroatoms. The number of hydrogen-bond acceptors (Lipinski definition) is 5. The first kappa shape index (κ1) is 15.6. The number of hydrogen-bond donors (Lipinski definition) is 1. The Bertz CT molecular complexity index is 253. The molecule has 1 N–H and O–H groups in total. The normalized spacial score (nSPS) is 12.4. The van der Waals surface area contributed by atoms with Gasteiger partial charge in [-0.25, -0.2) is 9.65 Å². The summed E-state index contributed by atoms with van der Waals surface area (Å²) >= 11 is 0. The maximum atomic E-state index is 12.0. The third kappa shape index (κ3) is 7.82. The predicted molar refractivity (Wildman–Crippen MR) is 57.7 cm³/mol. The van der Waals surface area contributed by atoms with E-state index in [9.17, 15) is 14.5 Å². The molecule has 0 saturated carbocycles. The lowest BCUT2D eigenvalue weighted by Crippen LogP contribution is -2.28. The summed E-state index contributed by atoms with van der Waals surface area (Å²) in [6.07, 6.45) is -0.799. The monoisotopic (exact) mass is 252 g/mol.